The fourth-order valence-corrected chi connectivity index (χ4v) is 3.03. The Bertz CT molecular complexity index is 627. The van der Waals surface area contributed by atoms with Crippen molar-refractivity contribution in [2.24, 2.45) is 0 Å². The quantitative estimate of drug-likeness (QED) is 0.630. The minimum Gasteiger partial charge on any atom is -0.492 e. The molecule has 1 aromatic rings. The zero-order valence-electron chi connectivity index (χ0n) is 15.2. The Morgan fingerprint density at radius 3 is 2.62 bits per heavy atom. The summed E-state index contributed by atoms with van der Waals surface area (Å²) >= 11 is 3.42. The van der Waals surface area contributed by atoms with Gasteiger partial charge in [-0.25, -0.2) is 13.6 Å². The molecule has 2 N–H and O–H groups in total. The molecule has 0 aliphatic heterocycles. The zero-order valence-corrected chi connectivity index (χ0v) is 16.8. The molecule has 1 aliphatic carbocycles. The molecule has 0 spiro atoms. The van der Waals surface area contributed by atoms with Gasteiger partial charge in [-0.3, -0.25) is 0 Å². The molecule has 0 saturated heterocycles. The average Bonchev–Trinajstić information content (AvgIpc) is 2.45. The Labute approximate surface area is 160 Å². The number of nitrogens with one attached hydrogen (secondary N) is 2. The van der Waals surface area contributed by atoms with Crippen LogP contribution in [0.1, 0.15) is 39.2 Å². The molecule has 8 heteroatoms. The van der Waals surface area contributed by atoms with Gasteiger partial charge in [0.2, 0.25) is 0 Å². The maximum atomic E-state index is 12.9. The number of alkyl halides is 2. The fourth-order valence-electron chi connectivity index (χ4n) is 2.51. The predicted molar refractivity (Wildman–Crippen MR) is 98.7 cm³/mol. The number of carbonyl (C=O) groups is 1. The van der Waals surface area contributed by atoms with Gasteiger partial charge in [0.25, 0.3) is 5.92 Å². The van der Waals surface area contributed by atoms with E-state index in [4.69, 9.17) is 9.47 Å². The Morgan fingerprint density at radius 2 is 2.00 bits per heavy atom. The van der Waals surface area contributed by atoms with Gasteiger partial charge in [-0.2, -0.15) is 0 Å². The Morgan fingerprint density at radius 1 is 1.31 bits per heavy atom. The predicted octanol–water partition coefficient (Wildman–Crippen LogP) is 4.24. The second-order valence-electron chi connectivity index (χ2n) is 7.41. The smallest absolute Gasteiger partial charge is 0.407 e. The molecular weight excluding hydrogens is 410 g/mol. The van der Waals surface area contributed by atoms with Crippen LogP contribution in [0.3, 0.4) is 0 Å². The highest BCUT2D eigenvalue weighted by Gasteiger charge is 2.44. The number of amides is 1. The summed E-state index contributed by atoms with van der Waals surface area (Å²) in [6, 6.07) is 5.43. The summed E-state index contributed by atoms with van der Waals surface area (Å²) in [5.74, 6) is -1.88. The number of carbonyl (C=O) groups excluding carboxylic acids is 1. The van der Waals surface area contributed by atoms with Crippen molar-refractivity contribution in [3.8, 4) is 5.75 Å². The maximum absolute atomic E-state index is 12.9. The third kappa shape index (κ3) is 7.45. The molecule has 0 bridgehead atoms. The highest BCUT2D eigenvalue weighted by atomic mass is 79.9. The number of hydrogen-bond acceptors (Lipinski definition) is 4. The number of ether oxygens (including phenoxy) is 2. The molecule has 5 nitrogen and oxygen atoms in total. The van der Waals surface area contributed by atoms with Crippen molar-refractivity contribution in [2.75, 3.05) is 13.2 Å². The van der Waals surface area contributed by atoms with Crippen molar-refractivity contribution >= 4 is 22.0 Å². The molecule has 1 aromatic carbocycles. The number of rotatable bonds is 7. The summed E-state index contributed by atoms with van der Waals surface area (Å²) in [6.07, 6.45) is -0.709. The maximum Gasteiger partial charge on any atom is 0.407 e. The summed E-state index contributed by atoms with van der Waals surface area (Å²) in [4.78, 5) is 11.5. The third-order valence-electron chi connectivity index (χ3n) is 3.66. The lowest BCUT2D eigenvalue weighted by atomic mass is 9.88. The molecule has 0 radical (unpaired) electrons. The van der Waals surface area contributed by atoms with E-state index in [0.717, 1.165) is 10.0 Å². The van der Waals surface area contributed by atoms with Gasteiger partial charge in [-0.05, 0) is 44.5 Å². The van der Waals surface area contributed by atoms with Gasteiger partial charge in [0.05, 0.1) is 6.54 Å². The van der Waals surface area contributed by atoms with Crippen LogP contribution >= 0.6 is 15.9 Å². The van der Waals surface area contributed by atoms with E-state index in [1.165, 1.54) is 0 Å². The van der Waals surface area contributed by atoms with Crippen molar-refractivity contribution < 1.29 is 23.0 Å². The highest BCUT2D eigenvalue weighted by molar-refractivity contribution is 9.10. The molecule has 0 atom stereocenters. The summed E-state index contributed by atoms with van der Waals surface area (Å²) in [6.45, 7) is 6.48. The van der Waals surface area contributed by atoms with Crippen LogP contribution in [0, 0.1) is 0 Å². The molecule has 26 heavy (non-hydrogen) atoms. The number of benzene rings is 1. The van der Waals surface area contributed by atoms with Crippen LogP contribution in [-0.4, -0.2) is 36.8 Å². The first-order valence-corrected chi connectivity index (χ1v) is 9.32. The second-order valence-corrected chi connectivity index (χ2v) is 8.33. The topological polar surface area (TPSA) is 59.6 Å². The number of hydrogen-bond donors (Lipinski definition) is 2. The molecule has 1 saturated carbocycles. The van der Waals surface area contributed by atoms with Crippen LogP contribution in [0.5, 0.6) is 5.75 Å². The monoisotopic (exact) mass is 434 g/mol. The summed E-state index contributed by atoms with van der Waals surface area (Å²) in [5.41, 5.74) is 0.395. The van der Waals surface area contributed by atoms with E-state index in [9.17, 15) is 13.6 Å². The van der Waals surface area contributed by atoms with Crippen LogP contribution in [-0.2, 0) is 11.3 Å². The van der Waals surface area contributed by atoms with Crippen molar-refractivity contribution in [1.82, 2.24) is 10.6 Å². The number of halogens is 3. The Balaban J connectivity index is 1.74. The Kier molecular flexibility index (Phi) is 6.85. The van der Waals surface area contributed by atoms with Gasteiger partial charge >= 0.3 is 6.09 Å². The first kappa shape index (κ1) is 20.9. The molecule has 1 fully saturated rings. The van der Waals surface area contributed by atoms with Crippen molar-refractivity contribution in [2.45, 2.75) is 57.7 Å². The van der Waals surface area contributed by atoms with Gasteiger partial charge in [0, 0.05) is 29.9 Å². The van der Waals surface area contributed by atoms with Crippen molar-refractivity contribution in [3.63, 3.8) is 0 Å². The highest BCUT2D eigenvalue weighted by Crippen LogP contribution is 2.37. The molecule has 2 rings (SSSR count). The lowest BCUT2D eigenvalue weighted by Crippen LogP contribution is -2.48. The lowest BCUT2D eigenvalue weighted by molar-refractivity contribution is -0.0930. The summed E-state index contributed by atoms with van der Waals surface area (Å²) < 4.78 is 37.3. The van der Waals surface area contributed by atoms with E-state index in [-0.39, 0.29) is 25.5 Å². The largest absolute Gasteiger partial charge is 0.492 e. The van der Waals surface area contributed by atoms with Gasteiger partial charge < -0.3 is 20.1 Å². The van der Waals surface area contributed by atoms with E-state index < -0.39 is 17.6 Å². The normalized spacial score (nSPS) is 16.7. The van der Waals surface area contributed by atoms with Crippen LogP contribution in [0.25, 0.3) is 0 Å². The molecular formula is C18H25BrF2N2O3. The summed E-state index contributed by atoms with van der Waals surface area (Å²) in [7, 11) is 0. The van der Waals surface area contributed by atoms with Gasteiger partial charge in [-0.1, -0.05) is 15.9 Å². The SMILES string of the molecule is CC(C)(C)OC(=O)NCCOc1cc(Br)cc(CNC2CC(F)(F)C2)c1. The zero-order chi connectivity index (χ0) is 19.4. The van der Waals surface area contributed by atoms with Crippen molar-refractivity contribution in [3.05, 3.63) is 28.2 Å². The molecule has 0 aromatic heterocycles. The van der Waals surface area contributed by atoms with E-state index in [1.807, 2.05) is 18.2 Å². The van der Waals surface area contributed by atoms with Gasteiger partial charge in [-0.15, -0.1) is 0 Å². The van der Waals surface area contributed by atoms with E-state index >= 15 is 0 Å². The van der Waals surface area contributed by atoms with Crippen molar-refractivity contribution in [1.29, 1.82) is 0 Å². The molecule has 146 valence electrons. The van der Waals surface area contributed by atoms with Crippen LogP contribution < -0.4 is 15.4 Å². The molecule has 0 unspecified atom stereocenters. The fraction of sp³-hybridized carbons (Fsp3) is 0.611. The van der Waals surface area contributed by atoms with Gasteiger partial charge in [0.1, 0.15) is 18.0 Å². The molecule has 0 heterocycles. The van der Waals surface area contributed by atoms with E-state index in [0.29, 0.717) is 18.8 Å². The van der Waals surface area contributed by atoms with Crippen LogP contribution in [0.4, 0.5) is 13.6 Å². The lowest BCUT2D eigenvalue weighted by Gasteiger charge is -2.35. The third-order valence-corrected chi connectivity index (χ3v) is 4.11. The first-order valence-electron chi connectivity index (χ1n) is 8.53. The summed E-state index contributed by atoms with van der Waals surface area (Å²) in [5, 5.41) is 5.74. The average molecular weight is 435 g/mol. The minimum atomic E-state index is -2.52. The van der Waals surface area contributed by atoms with E-state index in [2.05, 4.69) is 26.6 Å². The van der Waals surface area contributed by atoms with E-state index in [1.54, 1.807) is 20.8 Å². The molecule has 1 aliphatic rings. The van der Waals surface area contributed by atoms with Gasteiger partial charge in [0.15, 0.2) is 0 Å². The molecule has 1 amide bonds. The van der Waals surface area contributed by atoms with Crippen LogP contribution in [0.15, 0.2) is 22.7 Å². The number of alkyl carbamates (subject to hydrolysis) is 1. The standard InChI is InChI=1S/C18H25BrF2N2O3/c1-17(2,3)26-16(24)22-4-5-25-15-7-12(6-13(19)8-15)11-23-14-9-18(20,21)10-14/h6-8,14,23H,4-5,9-11H2,1-3H3,(H,22,24). The first-order chi connectivity index (χ1) is 12.0. The minimum absolute atomic E-state index is 0.110. The second kappa shape index (κ2) is 8.52. The Hall–Kier alpha value is -1.41. The van der Waals surface area contributed by atoms with Crippen LogP contribution in [0.2, 0.25) is 0 Å².